The van der Waals surface area contributed by atoms with E-state index in [0.717, 1.165) is 29.9 Å². The molecule has 0 fully saturated rings. The zero-order valence-corrected chi connectivity index (χ0v) is 13.0. The largest absolute Gasteiger partial charge is 0.349 e. The van der Waals surface area contributed by atoms with Crippen molar-refractivity contribution in [1.82, 2.24) is 25.0 Å². The van der Waals surface area contributed by atoms with Crippen LogP contribution in [-0.2, 0) is 31.4 Å². The van der Waals surface area contributed by atoms with Crippen molar-refractivity contribution in [2.75, 3.05) is 13.1 Å². The quantitative estimate of drug-likeness (QED) is 0.849. The number of aryl methyl sites for hydroxylation is 1. The molecule has 1 aliphatic heterocycles. The minimum atomic E-state index is -0.120. The van der Waals surface area contributed by atoms with Gasteiger partial charge >= 0.3 is 0 Å². The van der Waals surface area contributed by atoms with E-state index in [-0.39, 0.29) is 11.5 Å². The zero-order valence-electron chi connectivity index (χ0n) is 13.0. The first-order valence-corrected chi connectivity index (χ1v) is 7.57. The van der Waals surface area contributed by atoms with Gasteiger partial charge in [-0.25, -0.2) is 4.68 Å². The second kappa shape index (κ2) is 6.70. The van der Waals surface area contributed by atoms with Crippen LogP contribution in [0.2, 0.25) is 0 Å². The maximum Gasteiger partial charge on any atom is 0.266 e. The van der Waals surface area contributed by atoms with E-state index in [1.165, 1.54) is 4.68 Å². The van der Waals surface area contributed by atoms with Gasteiger partial charge in [0.05, 0.1) is 24.5 Å². The number of hydrogen-bond acceptors (Lipinski definition) is 5. The lowest BCUT2D eigenvalue weighted by molar-refractivity contribution is -0.122. The van der Waals surface area contributed by atoms with Crippen molar-refractivity contribution in [3.63, 3.8) is 0 Å². The van der Waals surface area contributed by atoms with Gasteiger partial charge in [-0.2, -0.15) is 5.10 Å². The van der Waals surface area contributed by atoms with E-state index in [9.17, 15) is 9.59 Å². The summed E-state index contributed by atoms with van der Waals surface area (Å²) in [6.45, 7) is 2.07. The lowest BCUT2D eigenvalue weighted by atomic mass is 10.1. The number of rotatable bonds is 4. The van der Waals surface area contributed by atoms with Gasteiger partial charge in [0, 0.05) is 38.8 Å². The molecule has 3 rings (SSSR count). The number of nitrogens with one attached hydrogen (secondary N) is 1. The summed E-state index contributed by atoms with van der Waals surface area (Å²) in [4.78, 5) is 29.9. The molecule has 1 aliphatic rings. The molecule has 0 saturated carbocycles. The molecule has 120 valence electrons. The van der Waals surface area contributed by atoms with E-state index in [0.29, 0.717) is 19.6 Å². The highest BCUT2D eigenvalue weighted by atomic mass is 16.2. The Labute approximate surface area is 134 Å². The average Bonchev–Trinajstić information content (AvgIpc) is 2.55. The number of aromatic nitrogens is 3. The van der Waals surface area contributed by atoms with Crippen LogP contribution in [0.3, 0.4) is 0 Å². The molecule has 3 heterocycles. The van der Waals surface area contributed by atoms with Crippen molar-refractivity contribution in [3.8, 4) is 0 Å². The molecule has 23 heavy (non-hydrogen) atoms. The van der Waals surface area contributed by atoms with Gasteiger partial charge in [0.25, 0.3) is 5.56 Å². The SMILES string of the molecule is Cn1nc2c(cc1=O)CN(CC(=O)NCc1ccccn1)CC2. The van der Waals surface area contributed by atoms with E-state index in [1.54, 1.807) is 19.3 Å². The lowest BCUT2D eigenvalue weighted by Gasteiger charge is -2.27. The molecule has 0 aromatic carbocycles. The van der Waals surface area contributed by atoms with Gasteiger partial charge in [0.15, 0.2) is 0 Å². The molecule has 7 nitrogen and oxygen atoms in total. The number of carbonyl (C=O) groups is 1. The Morgan fingerprint density at radius 3 is 3.04 bits per heavy atom. The minimum absolute atomic E-state index is 0.0455. The monoisotopic (exact) mass is 313 g/mol. The Morgan fingerprint density at radius 2 is 2.26 bits per heavy atom. The molecule has 0 spiro atoms. The Hall–Kier alpha value is -2.54. The highest BCUT2D eigenvalue weighted by molar-refractivity contribution is 5.78. The van der Waals surface area contributed by atoms with Crippen LogP contribution in [0.1, 0.15) is 17.0 Å². The van der Waals surface area contributed by atoms with Gasteiger partial charge in [-0.05, 0) is 17.7 Å². The van der Waals surface area contributed by atoms with Gasteiger partial charge < -0.3 is 5.32 Å². The number of amides is 1. The van der Waals surface area contributed by atoms with Gasteiger partial charge in [-0.3, -0.25) is 19.5 Å². The molecular weight excluding hydrogens is 294 g/mol. The maximum atomic E-state index is 12.1. The summed E-state index contributed by atoms with van der Waals surface area (Å²) in [5, 5.41) is 7.14. The molecule has 0 atom stereocenters. The number of nitrogens with zero attached hydrogens (tertiary/aromatic N) is 4. The molecule has 1 N–H and O–H groups in total. The molecule has 0 radical (unpaired) electrons. The normalized spacial score (nSPS) is 14.3. The van der Waals surface area contributed by atoms with Crippen LogP contribution in [0.25, 0.3) is 0 Å². The lowest BCUT2D eigenvalue weighted by Crippen LogP contribution is -2.41. The summed E-state index contributed by atoms with van der Waals surface area (Å²) in [7, 11) is 1.65. The zero-order chi connectivity index (χ0) is 16.2. The van der Waals surface area contributed by atoms with Crippen LogP contribution >= 0.6 is 0 Å². The molecule has 0 saturated heterocycles. The third-order valence-corrected chi connectivity index (χ3v) is 3.88. The van der Waals surface area contributed by atoms with E-state index < -0.39 is 0 Å². The van der Waals surface area contributed by atoms with Crippen LogP contribution in [0.5, 0.6) is 0 Å². The standard InChI is InChI=1S/C16H19N5O2/c1-20-16(23)8-12-10-21(7-5-14(12)19-20)11-15(22)18-9-13-4-2-3-6-17-13/h2-4,6,8H,5,7,9-11H2,1H3,(H,18,22). The van der Waals surface area contributed by atoms with E-state index in [2.05, 4.69) is 15.4 Å². The van der Waals surface area contributed by atoms with Gasteiger partial charge in [0.2, 0.25) is 5.91 Å². The fourth-order valence-electron chi connectivity index (χ4n) is 2.64. The Morgan fingerprint density at radius 1 is 1.39 bits per heavy atom. The molecular formula is C16H19N5O2. The summed E-state index contributed by atoms with van der Waals surface area (Å²) >= 11 is 0. The molecule has 2 aromatic rings. The second-order valence-corrected chi connectivity index (χ2v) is 5.64. The predicted octanol–water partition coefficient (Wildman–Crippen LogP) is -0.150. The molecule has 0 aliphatic carbocycles. The summed E-state index contributed by atoms with van der Waals surface area (Å²) in [5.41, 5.74) is 2.57. The van der Waals surface area contributed by atoms with Crippen molar-refractivity contribution < 1.29 is 4.79 Å². The summed E-state index contributed by atoms with van der Waals surface area (Å²) < 4.78 is 1.36. The molecule has 0 bridgehead atoms. The van der Waals surface area contributed by atoms with Crippen LogP contribution in [-0.4, -0.2) is 38.7 Å². The Balaban J connectivity index is 1.56. The third-order valence-electron chi connectivity index (χ3n) is 3.88. The van der Waals surface area contributed by atoms with Crippen molar-refractivity contribution >= 4 is 5.91 Å². The minimum Gasteiger partial charge on any atom is -0.349 e. The highest BCUT2D eigenvalue weighted by Gasteiger charge is 2.20. The molecule has 2 aromatic heterocycles. The van der Waals surface area contributed by atoms with Gasteiger partial charge in [-0.1, -0.05) is 6.07 Å². The molecule has 7 heteroatoms. The van der Waals surface area contributed by atoms with Crippen molar-refractivity contribution in [2.24, 2.45) is 7.05 Å². The van der Waals surface area contributed by atoms with E-state index in [4.69, 9.17) is 0 Å². The predicted molar refractivity (Wildman–Crippen MR) is 84.5 cm³/mol. The summed E-state index contributed by atoms with van der Waals surface area (Å²) in [5.74, 6) is -0.0455. The Kier molecular flexibility index (Phi) is 4.47. The van der Waals surface area contributed by atoms with Crippen molar-refractivity contribution in [2.45, 2.75) is 19.5 Å². The van der Waals surface area contributed by atoms with Gasteiger partial charge in [-0.15, -0.1) is 0 Å². The summed E-state index contributed by atoms with van der Waals surface area (Å²) in [6, 6.07) is 7.22. The first kappa shape index (κ1) is 15.4. The average molecular weight is 313 g/mol. The van der Waals surface area contributed by atoms with Crippen LogP contribution in [0.4, 0.5) is 0 Å². The second-order valence-electron chi connectivity index (χ2n) is 5.64. The number of pyridine rings is 1. The fraction of sp³-hybridized carbons (Fsp3) is 0.375. The first-order valence-electron chi connectivity index (χ1n) is 7.57. The van der Waals surface area contributed by atoms with Crippen LogP contribution in [0, 0.1) is 0 Å². The van der Waals surface area contributed by atoms with E-state index >= 15 is 0 Å². The number of hydrogen-bond donors (Lipinski definition) is 1. The number of fused-ring (bicyclic) bond motifs is 1. The van der Waals surface area contributed by atoms with Crippen LogP contribution < -0.4 is 10.9 Å². The first-order chi connectivity index (χ1) is 11.1. The molecule has 0 unspecified atom stereocenters. The number of carbonyl (C=O) groups excluding carboxylic acids is 1. The van der Waals surface area contributed by atoms with E-state index in [1.807, 2.05) is 23.1 Å². The van der Waals surface area contributed by atoms with Crippen molar-refractivity contribution in [1.29, 1.82) is 0 Å². The smallest absolute Gasteiger partial charge is 0.266 e. The fourth-order valence-corrected chi connectivity index (χ4v) is 2.64. The summed E-state index contributed by atoms with van der Waals surface area (Å²) in [6.07, 6.45) is 2.45. The molecule has 1 amide bonds. The Bertz CT molecular complexity index is 757. The van der Waals surface area contributed by atoms with Crippen LogP contribution in [0.15, 0.2) is 35.3 Å². The third kappa shape index (κ3) is 3.81. The topological polar surface area (TPSA) is 80.1 Å². The highest BCUT2D eigenvalue weighted by Crippen LogP contribution is 2.14. The van der Waals surface area contributed by atoms with Gasteiger partial charge in [0.1, 0.15) is 0 Å². The maximum absolute atomic E-state index is 12.1. The van der Waals surface area contributed by atoms with Crippen molar-refractivity contribution in [3.05, 3.63) is 57.8 Å².